The number of alkyl halides is 3. The standard InChI is InChI=1S/C12H16F3NO3.ClH/c1-11(2,6-17)10(16)8-5-7(3-4-9(8)18)19-12(13,14)15;/h3-5,10,17-18H,6,16H2,1-2H3;1H/t10-;/m0./s1. The second kappa shape index (κ2) is 6.51. The third kappa shape index (κ3) is 4.73. The molecule has 1 atom stereocenters. The van der Waals surface area contributed by atoms with Crippen molar-refractivity contribution < 1.29 is 28.1 Å². The maximum absolute atomic E-state index is 12.1. The van der Waals surface area contributed by atoms with Gasteiger partial charge in [-0.1, -0.05) is 13.8 Å². The molecule has 0 heterocycles. The minimum atomic E-state index is -4.81. The van der Waals surface area contributed by atoms with Gasteiger partial charge in [0.15, 0.2) is 0 Å². The molecule has 0 unspecified atom stereocenters. The zero-order valence-electron chi connectivity index (χ0n) is 10.9. The van der Waals surface area contributed by atoms with Crippen molar-refractivity contribution in [2.75, 3.05) is 6.61 Å². The number of halogens is 4. The summed E-state index contributed by atoms with van der Waals surface area (Å²) in [5.41, 5.74) is 5.15. The Morgan fingerprint density at radius 3 is 2.30 bits per heavy atom. The van der Waals surface area contributed by atoms with E-state index in [1.165, 1.54) is 0 Å². The van der Waals surface area contributed by atoms with Gasteiger partial charge in [-0.3, -0.25) is 0 Å². The zero-order valence-corrected chi connectivity index (χ0v) is 11.8. The Labute approximate surface area is 120 Å². The molecule has 1 aromatic carbocycles. The van der Waals surface area contributed by atoms with Crippen LogP contribution in [0.3, 0.4) is 0 Å². The number of rotatable bonds is 4. The number of aliphatic hydroxyl groups excluding tert-OH is 1. The van der Waals surface area contributed by atoms with Crippen LogP contribution in [0, 0.1) is 5.41 Å². The van der Waals surface area contributed by atoms with Crippen molar-refractivity contribution in [3.8, 4) is 11.5 Å². The molecule has 0 amide bonds. The second-order valence-corrected chi connectivity index (χ2v) is 4.89. The Bertz CT molecular complexity index is 452. The summed E-state index contributed by atoms with van der Waals surface area (Å²) in [4.78, 5) is 0. The average molecular weight is 316 g/mol. The topological polar surface area (TPSA) is 75.7 Å². The number of nitrogens with two attached hydrogens (primary N) is 1. The van der Waals surface area contributed by atoms with Crippen molar-refractivity contribution in [1.29, 1.82) is 0 Å². The fourth-order valence-corrected chi connectivity index (χ4v) is 1.50. The summed E-state index contributed by atoms with van der Waals surface area (Å²) < 4.78 is 40.1. The van der Waals surface area contributed by atoms with Crippen LogP contribution in [0.1, 0.15) is 25.5 Å². The first-order chi connectivity index (χ1) is 8.57. The molecule has 0 bridgehead atoms. The van der Waals surface area contributed by atoms with Gasteiger partial charge in [-0.25, -0.2) is 0 Å². The van der Waals surface area contributed by atoms with Crippen molar-refractivity contribution in [3.63, 3.8) is 0 Å². The van der Waals surface area contributed by atoms with E-state index in [0.29, 0.717) is 0 Å². The summed E-state index contributed by atoms with van der Waals surface area (Å²) in [6.45, 7) is 2.99. The number of ether oxygens (including phenoxy) is 1. The van der Waals surface area contributed by atoms with E-state index in [0.717, 1.165) is 18.2 Å². The van der Waals surface area contributed by atoms with Crippen LogP contribution in [0.2, 0.25) is 0 Å². The SMILES string of the molecule is CC(C)(CO)[C@@H](N)c1cc(OC(F)(F)F)ccc1O.Cl. The minimum absolute atomic E-state index is 0. The molecule has 0 radical (unpaired) electrons. The van der Waals surface area contributed by atoms with Gasteiger partial charge in [0.2, 0.25) is 0 Å². The molecule has 0 aromatic heterocycles. The number of hydrogen-bond donors (Lipinski definition) is 3. The van der Waals surface area contributed by atoms with Crippen LogP contribution in [0.5, 0.6) is 11.5 Å². The fourth-order valence-electron chi connectivity index (χ4n) is 1.50. The van der Waals surface area contributed by atoms with E-state index in [1.54, 1.807) is 13.8 Å². The second-order valence-electron chi connectivity index (χ2n) is 4.89. The van der Waals surface area contributed by atoms with E-state index in [4.69, 9.17) is 5.73 Å². The van der Waals surface area contributed by atoms with Gasteiger partial charge in [0, 0.05) is 23.6 Å². The lowest BCUT2D eigenvalue weighted by atomic mass is 9.81. The fraction of sp³-hybridized carbons (Fsp3) is 0.500. The molecule has 0 aliphatic rings. The lowest BCUT2D eigenvalue weighted by Gasteiger charge is -2.30. The van der Waals surface area contributed by atoms with Gasteiger partial charge in [-0.2, -0.15) is 0 Å². The highest BCUT2D eigenvalue weighted by Crippen LogP contribution is 2.37. The van der Waals surface area contributed by atoms with Crippen LogP contribution >= 0.6 is 12.4 Å². The van der Waals surface area contributed by atoms with E-state index in [-0.39, 0.29) is 30.3 Å². The van der Waals surface area contributed by atoms with Crippen molar-refractivity contribution >= 4 is 12.4 Å². The van der Waals surface area contributed by atoms with Gasteiger partial charge in [0.1, 0.15) is 11.5 Å². The summed E-state index contributed by atoms with van der Waals surface area (Å²) >= 11 is 0. The number of hydrogen-bond acceptors (Lipinski definition) is 4. The van der Waals surface area contributed by atoms with Gasteiger partial charge in [0.25, 0.3) is 0 Å². The lowest BCUT2D eigenvalue weighted by Crippen LogP contribution is -2.32. The third-order valence-corrected chi connectivity index (χ3v) is 2.82. The summed E-state index contributed by atoms with van der Waals surface area (Å²) in [5, 5.41) is 18.9. The summed E-state index contributed by atoms with van der Waals surface area (Å²) in [7, 11) is 0. The highest BCUT2D eigenvalue weighted by Gasteiger charge is 2.33. The number of aliphatic hydroxyl groups is 1. The van der Waals surface area contributed by atoms with E-state index in [9.17, 15) is 23.4 Å². The van der Waals surface area contributed by atoms with Crippen molar-refractivity contribution in [2.45, 2.75) is 26.3 Å². The van der Waals surface area contributed by atoms with E-state index >= 15 is 0 Å². The van der Waals surface area contributed by atoms with Gasteiger partial charge >= 0.3 is 6.36 Å². The zero-order chi connectivity index (χ0) is 14.8. The summed E-state index contributed by atoms with van der Waals surface area (Å²) in [6.07, 6.45) is -4.81. The monoisotopic (exact) mass is 315 g/mol. The molecule has 116 valence electrons. The summed E-state index contributed by atoms with van der Waals surface area (Å²) in [6, 6.07) is 2.24. The van der Waals surface area contributed by atoms with E-state index in [2.05, 4.69) is 4.74 Å². The smallest absolute Gasteiger partial charge is 0.508 e. The van der Waals surface area contributed by atoms with Gasteiger partial charge < -0.3 is 20.7 Å². The third-order valence-electron chi connectivity index (χ3n) is 2.82. The molecule has 0 saturated heterocycles. The average Bonchev–Trinajstić information content (AvgIpc) is 2.29. The Hall–Kier alpha value is -1.18. The van der Waals surface area contributed by atoms with Crippen molar-refractivity contribution in [1.82, 2.24) is 0 Å². The van der Waals surface area contributed by atoms with Crippen LogP contribution < -0.4 is 10.5 Å². The molecule has 1 aromatic rings. The van der Waals surface area contributed by atoms with Crippen molar-refractivity contribution in [3.05, 3.63) is 23.8 Å². The highest BCUT2D eigenvalue weighted by molar-refractivity contribution is 5.85. The number of aromatic hydroxyl groups is 1. The molecular formula is C12H17ClF3NO3. The van der Waals surface area contributed by atoms with Gasteiger partial charge in [-0.15, -0.1) is 25.6 Å². The molecular weight excluding hydrogens is 299 g/mol. The molecule has 0 saturated carbocycles. The number of benzene rings is 1. The Balaban J connectivity index is 0.00000361. The normalized spacial score (nSPS) is 13.6. The lowest BCUT2D eigenvalue weighted by molar-refractivity contribution is -0.274. The number of phenols is 1. The van der Waals surface area contributed by atoms with Crippen molar-refractivity contribution in [2.24, 2.45) is 11.1 Å². The molecule has 20 heavy (non-hydrogen) atoms. The largest absolute Gasteiger partial charge is 0.573 e. The Kier molecular flexibility index (Phi) is 6.13. The quantitative estimate of drug-likeness (QED) is 0.798. The summed E-state index contributed by atoms with van der Waals surface area (Å²) in [5.74, 6) is -0.715. The first-order valence-electron chi connectivity index (χ1n) is 5.52. The van der Waals surface area contributed by atoms with Gasteiger partial charge in [-0.05, 0) is 18.2 Å². The first-order valence-corrected chi connectivity index (χ1v) is 5.52. The molecule has 1 rings (SSSR count). The predicted octanol–water partition coefficient (Wildman–Crippen LogP) is 2.73. The molecule has 0 aliphatic heterocycles. The Morgan fingerprint density at radius 1 is 1.30 bits per heavy atom. The maximum Gasteiger partial charge on any atom is 0.573 e. The van der Waals surface area contributed by atoms with Crippen LogP contribution in [-0.4, -0.2) is 23.2 Å². The first kappa shape index (κ1) is 18.8. The molecule has 0 spiro atoms. The minimum Gasteiger partial charge on any atom is -0.508 e. The predicted molar refractivity (Wildman–Crippen MR) is 69.8 cm³/mol. The molecule has 8 heteroatoms. The molecule has 0 aliphatic carbocycles. The van der Waals surface area contributed by atoms with Crippen LogP contribution in [0.25, 0.3) is 0 Å². The molecule has 4 nitrogen and oxygen atoms in total. The van der Waals surface area contributed by atoms with Crippen LogP contribution in [-0.2, 0) is 0 Å². The highest BCUT2D eigenvalue weighted by atomic mass is 35.5. The van der Waals surface area contributed by atoms with Crippen LogP contribution in [0.15, 0.2) is 18.2 Å². The van der Waals surface area contributed by atoms with E-state index < -0.39 is 23.6 Å². The van der Waals surface area contributed by atoms with Crippen LogP contribution in [0.4, 0.5) is 13.2 Å². The van der Waals surface area contributed by atoms with E-state index in [1.807, 2.05) is 0 Å². The molecule has 0 fully saturated rings. The Morgan fingerprint density at radius 2 is 1.85 bits per heavy atom. The maximum atomic E-state index is 12.1. The number of phenolic OH excluding ortho intramolecular Hbond substituents is 1. The van der Waals surface area contributed by atoms with Gasteiger partial charge in [0.05, 0.1) is 0 Å². The molecule has 4 N–H and O–H groups in total.